The summed E-state index contributed by atoms with van der Waals surface area (Å²) < 4.78 is 26.8. The predicted octanol–water partition coefficient (Wildman–Crippen LogP) is 3.02. The molecule has 72 valence electrons. The van der Waals surface area contributed by atoms with Crippen LogP contribution in [0.4, 0.5) is 8.78 Å². The fourth-order valence-corrected chi connectivity index (χ4v) is 1.39. The molecule has 0 atom stereocenters. The van der Waals surface area contributed by atoms with Crippen molar-refractivity contribution in [2.24, 2.45) is 0 Å². The van der Waals surface area contributed by atoms with Crippen LogP contribution < -0.4 is 0 Å². The van der Waals surface area contributed by atoms with Gasteiger partial charge >= 0.3 is 0 Å². The topological polar surface area (TPSA) is 31.6 Å². The third kappa shape index (κ3) is 1.46. The van der Waals surface area contributed by atoms with Crippen LogP contribution in [-0.4, -0.2) is 9.97 Å². The molecule has 0 spiro atoms. The number of aromatic amines is 2. The highest BCUT2D eigenvalue weighted by atomic mass is 32.1. The summed E-state index contributed by atoms with van der Waals surface area (Å²) in [7, 11) is 0. The van der Waals surface area contributed by atoms with E-state index in [1.807, 2.05) is 0 Å². The van der Waals surface area contributed by atoms with E-state index in [0.29, 0.717) is 10.5 Å². The Morgan fingerprint density at radius 3 is 2.29 bits per heavy atom. The maximum atomic E-state index is 13.2. The van der Waals surface area contributed by atoms with Gasteiger partial charge in [-0.2, -0.15) is 0 Å². The van der Waals surface area contributed by atoms with E-state index in [4.69, 9.17) is 12.2 Å². The minimum absolute atomic E-state index is 0.0974. The number of nitrogens with one attached hydrogen (secondary N) is 2. The van der Waals surface area contributed by atoms with Gasteiger partial charge in [-0.15, -0.1) is 0 Å². The van der Waals surface area contributed by atoms with Crippen molar-refractivity contribution in [2.75, 3.05) is 0 Å². The highest BCUT2D eigenvalue weighted by molar-refractivity contribution is 7.71. The molecule has 14 heavy (non-hydrogen) atoms. The second-order valence-corrected chi connectivity index (χ2v) is 3.16. The standard InChI is InChI=1S/C9H6F2N2S/c10-5-2-1-3-6(11)8(5)7-4-12-9(14)13-7/h1-4H,(H2,12,13,14). The van der Waals surface area contributed by atoms with E-state index in [1.54, 1.807) is 0 Å². The minimum Gasteiger partial charge on any atom is -0.337 e. The van der Waals surface area contributed by atoms with Crippen LogP contribution in [0.3, 0.4) is 0 Å². The minimum atomic E-state index is -0.616. The Morgan fingerprint density at radius 1 is 1.14 bits per heavy atom. The molecule has 1 heterocycles. The van der Waals surface area contributed by atoms with Gasteiger partial charge in [0.25, 0.3) is 0 Å². The molecular formula is C9H6F2N2S. The van der Waals surface area contributed by atoms with E-state index >= 15 is 0 Å². The van der Waals surface area contributed by atoms with E-state index < -0.39 is 11.6 Å². The summed E-state index contributed by atoms with van der Waals surface area (Å²) in [5, 5.41) is 0. The Morgan fingerprint density at radius 2 is 1.79 bits per heavy atom. The molecule has 2 rings (SSSR count). The molecule has 5 heteroatoms. The lowest BCUT2D eigenvalue weighted by atomic mass is 10.1. The quantitative estimate of drug-likeness (QED) is 0.699. The molecule has 0 saturated carbocycles. The van der Waals surface area contributed by atoms with E-state index in [9.17, 15) is 8.78 Å². The van der Waals surface area contributed by atoms with Crippen LogP contribution >= 0.6 is 12.2 Å². The summed E-state index contributed by atoms with van der Waals surface area (Å²) in [4.78, 5) is 5.30. The number of benzene rings is 1. The number of rotatable bonds is 1. The molecule has 1 aromatic carbocycles. The van der Waals surface area contributed by atoms with Crippen LogP contribution in [-0.2, 0) is 0 Å². The second-order valence-electron chi connectivity index (χ2n) is 2.75. The zero-order valence-electron chi connectivity index (χ0n) is 6.97. The maximum absolute atomic E-state index is 13.2. The predicted molar refractivity (Wildman–Crippen MR) is 51.3 cm³/mol. The number of aromatic nitrogens is 2. The summed E-state index contributed by atoms with van der Waals surface area (Å²) >= 11 is 4.76. The van der Waals surface area contributed by atoms with Gasteiger partial charge in [-0.05, 0) is 24.4 Å². The maximum Gasteiger partial charge on any atom is 0.174 e. The van der Waals surface area contributed by atoms with Crippen LogP contribution in [0, 0.1) is 16.4 Å². The average Bonchev–Trinajstić information content (AvgIpc) is 2.51. The van der Waals surface area contributed by atoms with Crippen molar-refractivity contribution in [3.05, 3.63) is 40.8 Å². The van der Waals surface area contributed by atoms with Crippen LogP contribution in [0.25, 0.3) is 11.3 Å². The Bertz CT molecular complexity index is 495. The largest absolute Gasteiger partial charge is 0.337 e. The molecule has 0 aliphatic rings. The molecule has 2 aromatic rings. The Labute approximate surface area is 83.6 Å². The monoisotopic (exact) mass is 212 g/mol. The van der Waals surface area contributed by atoms with Gasteiger partial charge in [-0.25, -0.2) is 8.78 Å². The first kappa shape index (κ1) is 9.08. The summed E-state index contributed by atoms with van der Waals surface area (Å²) in [6, 6.07) is 3.71. The number of halogens is 2. The lowest BCUT2D eigenvalue weighted by Gasteiger charge is -2.00. The number of hydrogen-bond acceptors (Lipinski definition) is 1. The Hall–Kier alpha value is -1.49. The van der Waals surface area contributed by atoms with Gasteiger partial charge in [0, 0.05) is 6.20 Å². The first-order chi connectivity index (χ1) is 6.68. The summed E-state index contributed by atoms with van der Waals surface area (Å²) in [5.74, 6) is -1.23. The van der Waals surface area contributed by atoms with E-state index in [-0.39, 0.29) is 5.56 Å². The second kappa shape index (κ2) is 3.34. The third-order valence-corrected chi connectivity index (χ3v) is 2.05. The van der Waals surface area contributed by atoms with Crippen molar-refractivity contribution in [3.63, 3.8) is 0 Å². The molecule has 0 saturated heterocycles. The molecular weight excluding hydrogens is 206 g/mol. The highest BCUT2D eigenvalue weighted by Gasteiger charge is 2.11. The molecule has 0 radical (unpaired) electrons. The Balaban J connectivity index is 2.67. The van der Waals surface area contributed by atoms with E-state index in [0.717, 1.165) is 0 Å². The molecule has 2 nitrogen and oxygen atoms in total. The van der Waals surface area contributed by atoms with Crippen molar-refractivity contribution in [3.8, 4) is 11.3 Å². The molecule has 0 bridgehead atoms. The lowest BCUT2D eigenvalue weighted by molar-refractivity contribution is 0.589. The average molecular weight is 212 g/mol. The highest BCUT2D eigenvalue weighted by Crippen LogP contribution is 2.23. The van der Waals surface area contributed by atoms with Gasteiger partial charge in [0.15, 0.2) is 4.77 Å². The van der Waals surface area contributed by atoms with Gasteiger partial charge in [-0.3, -0.25) is 0 Å². The number of H-pyrrole nitrogens is 2. The normalized spacial score (nSPS) is 10.4. The molecule has 0 unspecified atom stereocenters. The fourth-order valence-electron chi connectivity index (χ4n) is 1.22. The van der Waals surface area contributed by atoms with Gasteiger partial charge in [-0.1, -0.05) is 6.07 Å². The van der Waals surface area contributed by atoms with Crippen LogP contribution in [0.15, 0.2) is 24.4 Å². The fraction of sp³-hybridized carbons (Fsp3) is 0. The molecule has 0 aliphatic carbocycles. The summed E-state index contributed by atoms with van der Waals surface area (Å²) in [6.07, 6.45) is 1.43. The van der Waals surface area contributed by atoms with Crippen LogP contribution in [0.2, 0.25) is 0 Å². The van der Waals surface area contributed by atoms with Crippen molar-refractivity contribution < 1.29 is 8.78 Å². The molecule has 2 N–H and O–H groups in total. The van der Waals surface area contributed by atoms with Crippen molar-refractivity contribution >= 4 is 12.2 Å². The van der Waals surface area contributed by atoms with Gasteiger partial charge in [0.05, 0.1) is 11.3 Å². The zero-order chi connectivity index (χ0) is 10.1. The molecule has 0 fully saturated rings. The number of imidazole rings is 1. The van der Waals surface area contributed by atoms with E-state index in [2.05, 4.69) is 9.97 Å². The van der Waals surface area contributed by atoms with Gasteiger partial charge in [0.2, 0.25) is 0 Å². The van der Waals surface area contributed by atoms with Crippen molar-refractivity contribution in [2.45, 2.75) is 0 Å². The number of hydrogen-bond donors (Lipinski definition) is 2. The first-order valence-electron chi connectivity index (χ1n) is 3.90. The van der Waals surface area contributed by atoms with Crippen molar-refractivity contribution in [1.82, 2.24) is 9.97 Å². The summed E-state index contributed by atoms with van der Waals surface area (Å²) in [5.41, 5.74) is 0.213. The Kier molecular flexibility index (Phi) is 2.17. The SMILES string of the molecule is Fc1cccc(F)c1-c1c[nH]c(=S)[nH]1. The van der Waals surface area contributed by atoms with Gasteiger partial charge < -0.3 is 9.97 Å². The van der Waals surface area contributed by atoms with Crippen molar-refractivity contribution in [1.29, 1.82) is 0 Å². The molecule has 0 amide bonds. The van der Waals surface area contributed by atoms with Crippen LogP contribution in [0.5, 0.6) is 0 Å². The van der Waals surface area contributed by atoms with E-state index in [1.165, 1.54) is 24.4 Å². The first-order valence-corrected chi connectivity index (χ1v) is 4.31. The molecule has 0 aliphatic heterocycles. The smallest absolute Gasteiger partial charge is 0.174 e. The van der Waals surface area contributed by atoms with Gasteiger partial charge in [0.1, 0.15) is 11.6 Å². The zero-order valence-corrected chi connectivity index (χ0v) is 7.79. The van der Waals surface area contributed by atoms with Crippen LogP contribution in [0.1, 0.15) is 0 Å². The molecule has 1 aromatic heterocycles. The third-order valence-electron chi connectivity index (χ3n) is 1.83. The lowest BCUT2D eigenvalue weighted by Crippen LogP contribution is -1.89. The summed E-state index contributed by atoms with van der Waals surface area (Å²) in [6.45, 7) is 0.